The maximum atomic E-state index is 4.43. The minimum Gasteiger partial charge on any atom is -0.359 e. The van der Waals surface area contributed by atoms with E-state index in [0.29, 0.717) is 0 Å². The molecular formula is C21H21N3S. The van der Waals surface area contributed by atoms with Gasteiger partial charge in [0.1, 0.15) is 0 Å². The van der Waals surface area contributed by atoms with Gasteiger partial charge in [0.25, 0.3) is 0 Å². The number of aromatic amines is 1. The second-order valence-electron chi connectivity index (χ2n) is 6.77. The van der Waals surface area contributed by atoms with Crippen LogP contribution >= 0.6 is 11.9 Å². The van der Waals surface area contributed by atoms with Crippen molar-refractivity contribution in [3.63, 3.8) is 0 Å². The fraction of sp³-hybridized carbons (Fsp3) is 0.190. The first-order valence-electron chi connectivity index (χ1n) is 8.36. The minimum absolute atomic E-state index is 0.111. The van der Waals surface area contributed by atoms with Crippen molar-refractivity contribution in [2.24, 2.45) is 0 Å². The number of hydrogen-bond donors (Lipinski definition) is 2. The molecule has 25 heavy (non-hydrogen) atoms. The average Bonchev–Trinajstić information content (AvgIpc) is 3.07. The van der Waals surface area contributed by atoms with Crippen LogP contribution in [0.15, 0.2) is 60.9 Å². The highest BCUT2D eigenvalue weighted by molar-refractivity contribution is 7.99. The molecule has 0 aliphatic rings. The van der Waals surface area contributed by atoms with E-state index in [1.807, 2.05) is 18.5 Å². The largest absolute Gasteiger partial charge is 0.359 e. The molecule has 0 spiro atoms. The lowest BCUT2D eigenvalue weighted by Gasteiger charge is -2.25. The molecule has 0 saturated heterocycles. The number of rotatable bonds is 4. The zero-order valence-corrected chi connectivity index (χ0v) is 15.4. The lowest BCUT2D eigenvalue weighted by atomic mass is 9.77. The number of H-pyrrole nitrogens is 1. The molecule has 2 aromatic heterocycles. The summed E-state index contributed by atoms with van der Waals surface area (Å²) in [6, 6.07) is 17.1. The van der Waals surface area contributed by atoms with Crippen LogP contribution < -0.4 is 4.72 Å². The molecule has 0 amide bonds. The number of para-hydroxylation sites is 1. The van der Waals surface area contributed by atoms with Gasteiger partial charge in [0.15, 0.2) is 0 Å². The predicted molar refractivity (Wildman–Crippen MR) is 109 cm³/mol. The van der Waals surface area contributed by atoms with E-state index in [1.54, 1.807) is 11.9 Å². The molecule has 0 saturated carbocycles. The third kappa shape index (κ3) is 2.67. The fourth-order valence-corrected chi connectivity index (χ4v) is 3.88. The molecule has 0 radical (unpaired) electrons. The quantitative estimate of drug-likeness (QED) is 0.463. The molecule has 2 aromatic carbocycles. The van der Waals surface area contributed by atoms with Crippen LogP contribution in [0.3, 0.4) is 0 Å². The lowest BCUT2D eigenvalue weighted by molar-refractivity contribution is 0.648. The summed E-state index contributed by atoms with van der Waals surface area (Å²) in [6.07, 6.45) is 6.02. The van der Waals surface area contributed by atoms with Gasteiger partial charge in [0.2, 0.25) is 0 Å². The molecule has 0 unspecified atom stereocenters. The van der Waals surface area contributed by atoms with Crippen molar-refractivity contribution in [2.75, 3.05) is 11.0 Å². The summed E-state index contributed by atoms with van der Waals surface area (Å²) in [7, 11) is 0. The van der Waals surface area contributed by atoms with E-state index >= 15 is 0 Å². The summed E-state index contributed by atoms with van der Waals surface area (Å²) in [4.78, 5) is 7.90. The molecule has 0 aliphatic carbocycles. The van der Waals surface area contributed by atoms with Crippen LogP contribution in [0.25, 0.3) is 21.8 Å². The summed E-state index contributed by atoms with van der Waals surface area (Å²) < 4.78 is 3.36. The van der Waals surface area contributed by atoms with Crippen molar-refractivity contribution in [1.29, 1.82) is 0 Å². The highest BCUT2D eigenvalue weighted by Crippen LogP contribution is 2.38. The standard InChI is InChI=1S/C21H21N3S/c1-21(2,15-9-10-18-14(12-15)6-5-11-22-18)17-13-23-20-16(17)7-4-8-19(20)24-25-3/h4-13,23-24H,1-3H3. The molecule has 0 bridgehead atoms. The molecule has 126 valence electrons. The molecule has 3 nitrogen and oxygen atoms in total. The Hall–Kier alpha value is -2.46. The SMILES string of the molecule is CSNc1cccc2c(C(C)(C)c3ccc4ncccc4c3)c[nH]c12. The van der Waals surface area contributed by atoms with Gasteiger partial charge in [-0.05, 0) is 35.4 Å². The predicted octanol–water partition coefficient (Wildman–Crippen LogP) is 5.73. The zero-order chi connectivity index (χ0) is 17.4. The number of hydrogen-bond acceptors (Lipinski definition) is 3. The summed E-state index contributed by atoms with van der Waals surface area (Å²) in [5.74, 6) is 0. The minimum atomic E-state index is -0.111. The monoisotopic (exact) mass is 347 g/mol. The molecule has 2 N–H and O–H groups in total. The topological polar surface area (TPSA) is 40.7 Å². The van der Waals surface area contributed by atoms with Crippen molar-refractivity contribution in [3.05, 3.63) is 72.1 Å². The Morgan fingerprint density at radius 1 is 1.08 bits per heavy atom. The van der Waals surface area contributed by atoms with E-state index in [-0.39, 0.29) is 5.41 Å². The normalized spacial score (nSPS) is 12.0. The van der Waals surface area contributed by atoms with Crippen molar-refractivity contribution in [2.45, 2.75) is 19.3 Å². The molecule has 2 heterocycles. The van der Waals surface area contributed by atoms with Gasteiger partial charge in [0, 0.05) is 34.8 Å². The maximum absolute atomic E-state index is 4.43. The summed E-state index contributed by atoms with van der Waals surface area (Å²) >= 11 is 1.61. The smallest absolute Gasteiger partial charge is 0.0702 e. The maximum Gasteiger partial charge on any atom is 0.0702 e. The third-order valence-corrected chi connectivity index (χ3v) is 5.35. The molecule has 4 rings (SSSR count). The van der Waals surface area contributed by atoms with Crippen LogP contribution in [0.2, 0.25) is 0 Å². The van der Waals surface area contributed by atoms with Gasteiger partial charge in [-0.25, -0.2) is 0 Å². The Balaban J connectivity index is 1.86. The van der Waals surface area contributed by atoms with Crippen molar-refractivity contribution in [3.8, 4) is 0 Å². The van der Waals surface area contributed by atoms with Crippen LogP contribution in [0.5, 0.6) is 0 Å². The highest BCUT2D eigenvalue weighted by atomic mass is 32.2. The Morgan fingerprint density at radius 2 is 1.96 bits per heavy atom. The number of nitrogens with one attached hydrogen (secondary N) is 2. The number of fused-ring (bicyclic) bond motifs is 2. The number of anilines is 1. The Labute approximate surface area is 152 Å². The molecular weight excluding hydrogens is 326 g/mol. The first-order valence-corrected chi connectivity index (χ1v) is 9.58. The van der Waals surface area contributed by atoms with Crippen LogP contribution in [-0.4, -0.2) is 16.2 Å². The van der Waals surface area contributed by atoms with E-state index in [0.717, 1.165) is 16.7 Å². The van der Waals surface area contributed by atoms with Gasteiger partial charge in [-0.1, -0.05) is 50.1 Å². The molecule has 0 aliphatic heterocycles. The molecule has 0 atom stereocenters. The summed E-state index contributed by atoms with van der Waals surface area (Å²) in [6.45, 7) is 4.56. The first-order chi connectivity index (χ1) is 12.1. The van der Waals surface area contributed by atoms with Crippen LogP contribution in [0, 0.1) is 0 Å². The zero-order valence-electron chi connectivity index (χ0n) is 14.6. The summed E-state index contributed by atoms with van der Waals surface area (Å²) in [5.41, 5.74) is 5.79. The van der Waals surface area contributed by atoms with Gasteiger partial charge in [-0.3, -0.25) is 4.98 Å². The third-order valence-electron chi connectivity index (χ3n) is 4.93. The number of pyridine rings is 1. The number of aromatic nitrogens is 2. The van der Waals surface area contributed by atoms with Crippen LogP contribution in [0.4, 0.5) is 5.69 Å². The molecule has 4 heteroatoms. The van der Waals surface area contributed by atoms with E-state index < -0.39 is 0 Å². The second kappa shape index (κ2) is 6.12. The van der Waals surface area contributed by atoms with E-state index in [9.17, 15) is 0 Å². The highest BCUT2D eigenvalue weighted by Gasteiger charge is 2.27. The lowest BCUT2D eigenvalue weighted by Crippen LogP contribution is -2.18. The fourth-order valence-electron chi connectivity index (χ4n) is 3.49. The molecule has 0 fully saturated rings. The van der Waals surface area contributed by atoms with Crippen molar-refractivity contribution < 1.29 is 0 Å². The van der Waals surface area contributed by atoms with Crippen LogP contribution in [0.1, 0.15) is 25.0 Å². The van der Waals surface area contributed by atoms with Gasteiger partial charge in [-0.15, -0.1) is 0 Å². The van der Waals surface area contributed by atoms with E-state index in [2.05, 4.69) is 77.2 Å². The van der Waals surface area contributed by atoms with E-state index in [4.69, 9.17) is 0 Å². The van der Waals surface area contributed by atoms with Crippen molar-refractivity contribution in [1.82, 2.24) is 9.97 Å². The Kier molecular flexibility index (Phi) is 3.92. The summed E-state index contributed by atoms with van der Waals surface area (Å²) in [5, 5.41) is 2.44. The van der Waals surface area contributed by atoms with E-state index in [1.165, 1.54) is 21.9 Å². The van der Waals surface area contributed by atoms with Crippen LogP contribution in [-0.2, 0) is 5.41 Å². The average molecular weight is 347 g/mol. The van der Waals surface area contributed by atoms with Gasteiger partial charge in [0.05, 0.1) is 16.7 Å². The number of nitrogens with zero attached hydrogens (tertiary/aromatic N) is 1. The first kappa shape index (κ1) is 16.0. The van der Waals surface area contributed by atoms with Crippen molar-refractivity contribution >= 4 is 39.4 Å². The van der Waals surface area contributed by atoms with Gasteiger partial charge < -0.3 is 9.71 Å². The second-order valence-corrected chi connectivity index (χ2v) is 7.38. The Morgan fingerprint density at radius 3 is 2.80 bits per heavy atom. The Bertz CT molecular complexity index is 1050. The van der Waals surface area contributed by atoms with Gasteiger partial charge in [-0.2, -0.15) is 0 Å². The van der Waals surface area contributed by atoms with Gasteiger partial charge >= 0.3 is 0 Å². The molecule has 4 aromatic rings. The number of benzene rings is 2.